The fourth-order valence-electron chi connectivity index (χ4n) is 1.07. The molecule has 4 nitrogen and oxygen atoms in total. The summed E-state index contributed by atoms with van der Waals surface area (Å²) in [7, 11) is 0. The number of hydrogen-bond acceptors (Lipinski definition) is 2. The predicted octanol–water partition coefficient (Wildman–Crippen LogP) is 0.312. The summed E-state index contributed by atoms with van der Waals surface area (Å²) in [5, 5.41) is 17.5. The Morgan fingerprint density at radius 1 is 1.69 bits per heavy atom. The largest absolute Gasteiger partial charge is 0.477 e. The van der Waals surface area contributed by atoms with E-state index >= 15 is 0 Å². The molecule has 0 aliphatic heterocycles. The third-order valence-corrected chi connectivity index (χ3v) is 1.62. The number of carboxylic acid groups (broad SMARTS) is 1. The van der Waals surface area contributed by atoms with Gasteiger partial charge in [0.2, 0.25) is 0 Å². The number of aromatic nitrogens is 1. The van der Waals surface area contributed by atoms with Crippen LogP contribution in [0.4, 0.5) is 0 Å². The maximum absolute atomic E-state index is 10.7. The van der Waals surface area contributed by atoms with Crippen molar-refractivity contribution in [1.29, 1.82) is 0 Å². The second-order valence-electron chi connectivity index (χ2n) is 2.53. The van der Waals surface area contributed by atoms with Crippen LogP contribution in [0.25, 0.3) is 0 Å². The van der Waals surface area contributed by atoms with Crippen molar-refractivity contribution in [3.8, 4) is 12.3 Å². The van der Waals surface area contributed by atoms with E-state index in [-0.39, 0.29) is 18.8 Å². The molecule has 13 heavy (non-hydrogen) atoms. The van der Waals surface area contributed by atoms with E-state index in [1.54, 1.807) is 0 Å². The number of aliphatic hydroxyl groups is 1. The lowest BCUT2D eigenvalue weighted by atomic mass is 10.3. The van der Waals surface area contributed by atoms with E-state index in [0.717, 1.165) is 0 Å². The van der Waals surface area contributed by atoms with Gasteiger partial charge in [-0.3, -0.25) is 0 Å². The second-order valence-corrected chi connectivity index (χ2v) is 2.53. The van der Waals surface area contributed by atoms with Gasteiger partial charge in [0, 0.05) is 6.20 Å². The Morgan fingerprint density at radius 3 is 2.85 bits per heavy atom. The van der Waals surface area contributed by atoms with Crippen molar-refractivity contribution in [2.45, 2.75) is 13.2 Å². The van der Waals surface area contributed by atoms with Crippen molar-refractivity contribution >= 4 is 5.97 Å². The molecule has 1 aromatic rings. The van der Waals surface area contributed by atoms with E-state index in [1.807, 2.05) is 0 Å². The monoisotopic (exact) mass is 179 g/mol. The van der Waals surface area contributed by atoms with E-state index in [9.17, 15) is 4.79 Å². The van der Waals surface area contributed by atoms with Gasteiger partial charge in [-0.25, -0.2) is 4.79 Å². The Kier molecular flexibility index (Phi) is 2.72. The molecule has 68 valence electrons. The quantitative estimate of drug-likeness (QED) is 0.656. The Morgan fingerprint density at radius 2 is 2.38 bits per heavy atom. The highest BCUT2D eigenvalue weighted by atomic mass is 16.4. The van der Waals surface area contributed by atoms with Gasteiger partial charge in [-0.1, -0.05) is 5.92 Å². The number of nitrogens with zero attached hydrogens (tertiary/aromatic N) is 1. The van der Waals surface area contributed by atoms with Crippen LogP contribution >= 0.6 is 0 Å². The zero-order valence-electron chi connectivity index (χ0n) is 6.90. The fourth-order valence-corrected chi connectivity index (χ4v) is 1.07. The number of carboxylic acids is 1. The summed E-state index contributed by atoms with van der Waals surface area (Å²) < 4.78 is 1.41. The molecule has 0 radical (unpaired) electrons. The molecule has 0 atom stereocenters. The maximum Gasteiger partial charge on any atom is 0.352 e. The molecule has 0 aromatic carbocycles. The molecule has 0 amide bonds. The number of carbonyl (C=O) groups is 1. The standard InChI is InChI=1S/C9H9NO3/c1-2-3-10-5-7(6-11)4-8(10)9(12)13/h1,4-5,11H,3,6H2,(H,12,13). The lowest BCUT2D eigenvalue weighted by Gasteiger charge is -1.98. The van der Waals surface area contributed by atoms with E-state index < -0.39 is 5.97 Å². The first-order chi connectivity index (χ1) is 6.19. The molecular formula is C9H9NO3. The van der Waals surface area contributed by atoms with Crippen LogP contribution in [0, 0.1) is 12.3 Å². The normalized spacial score (nSPS) is 9.54. The van der Waals surface area contributed by atoms with Gasteiger partial charge in [-0.2, -0.15) is 0 Å². The van der Waals surface area contributed by atoms with Crippen LogP contribution in [0.1, 0.15) is 16.1 Å². The lowest BCUT2D eigenvalue weighted by Crippen LogP contribution is -2.06. The molecule has 2 N–H and O–H groups in total. The van der Waals surface area contributed by atoms with E-state index in [1.165, 1.54) is 16.8 Å². The topological polar surface area (TPSA) is 62.5 Å². The SMILES string of the molecule is C#CCn1cc(CO)cc1C(=O)O. The van der Waals surface area contributed by atoms with E-state index in [0.29, 0.717) is 5.56 Å². The highest BCUT2D eigenvalue weighted by Gasteiger charge is 2.10. The molecule has 4 heteroatoms. The minimum atomic E-state index is -1.05. The Labute approximate surface area is 75.4 Å². The molecule has 0 spiro atoms. The number of hydrogen-bond donors (Lipinski definition) is 2. The highest BCUT2D eigenvalue weighted by molar-refractivity contribution is 5.86. The van der Waals surface area contributed by atoms with Crippen molar-refractivity contribution in [1.82, 2.24) is 4.57 Å². The third-order valence-electron chi connectivity index (χ3n) is 1.62. The molecule has 0 aliphatic carbocycles. The van der Waals surface area contributed by atoms with Crippen LogP contribution in [-0.4, -0.2) is 20.7 Å². The zero-order valence-corrected chi connectivity index (χ0v) is 6.90. The summed E-state index contributed by atoms with van der Waals surface area (Å²) >= 11 is 0. The first-order valence-corrected chi connectivity index (χ1v) is 3.65. The number of aliphatic hydroxyl groups excluding tert-OH is 1. The summed E-state index contributed by atoms with van der Waals surface area (Å²) in [6, 6.07) is 1.40. The number of terminal acetylenes is 1. The average molecular weight is 179 g/mol. The van der Waals surface area contributed by atoms with Crippen molar-refractivity contribution in [2.75, 3.05) is 0 Å². The van der Waals surface area contributed by atoms with Gasteiger partial charge in [-0.05, 0) is 11.6 Å². The minimum absolute atomic E-state index is 0.0991. The van der Waals surface area contributed by atoms with Crippen molar-refractivity contribution in [3.05, 3.63) is 23.5 Å². The van der Waals surface area contributed by atoms with Gasteiger partial charge in [0.1, 0.15) is 5.69 Å². The molecule has 1 heterocycles. The molecule has 0 unspecified atom stereocenters. The second kappa shape index (κ2) is 3.78. The van der Waals surface area contributed by atoms with Gasteiger partial charge < -0.3 is 14.8 Å². The summed E-state index contributed by atoms with van der Waals surface area (Å²) in [4.78, 5) is 10.7. The molecule has 0 saturated carbocycles. The first kappa shape index (κ1) is 9.36. The third kappa shape index (κ3) is 1.89. The number of aromatic carboxylic acids is 1. The molecule has 1 aromatic heterocycles. The van der Waals surface area contributed by atoms with Crippen LogP contribution in [0.15, 0.2) is 12.3 Å². The summed E-state index contributed by atoms with van der Waals surface area (Å²) in [5.41, 5.74) is 0.648. The maximum atomic E-state index is 10.7. The van der Waals surface area contributed by atoms with Crippen molar-refractivity contribution in [2.24, 2.45) is 0 Å². The predicted molar refractivity (Wildman–Crippen MR) is 46.1 cm³/mol. The zero-order chi connectivity index (χ0) is 9.84. The van der Waals surface area contributed by atoms with Crippen LogP contribution in [0.3, 0.4) is 0 Å². The van der Waals surface area contributed by atoms with Crippen molar-refractivity contribution in [3.63, 3.8) is 0 Å². The molecule has 1 rings (SSSR count). The van der Waals surface area contributed by atoms with Crippen LogP contribution < -0.4 is 0 Å². The van der Waals surface area contributed by atoms with Gasteiger partial charge in [0.15, 0.2) is 0 Å². The average Bonchev–Trinajstić information content (AvgIpc) is 2.48. The highest BCUT2D eigenvalue weighted by Crippen LogP contribution is 2.08. The molecular weight excluding hydrogens is 170 g/mol. The lowest BCUT2D eigenvalue weighted by molar-refractivity contribution is 0.0686. The summed E-state index contributed by atoms with van der Waals surface area (Å²) in [6.07, 6.45) is 6.59. The summed E-state index contributed by atoms with van der Waals surface area (Å²) in [6.45, 7) is 0.0134. The van der Waals surface area contributed by atoms with Gasteiger partial charge in [-0.15, -0.1) is 6.42 Å². The first-order valence-electron chi connectivity index (χ1n) is 3.65. The minimum Gasteiger partial charge on any atom is -0.477 e. The smallest absolute Gasteiger partial charge is 0.352 e. The van der Waals surface area contributed by atoms with Gasteiger partial charge in [0.25, 0.3) is 0 Å². The molecule has 0 aliphatic rings. The van der Waals surface area contributed by atoms with Crippen LogP contribution in [-0.2, 0) is 13.2 Å². The number of rotatable bonds is 3. The Hall–Kier alpha value is -1.73. The van der Waals surface area contributed by atoms with Crippen LogP contribution in [0.5, 0.6) is 0 Å². The van der Waals surface area contributed by atoms with Gasteiger partial charge >= 0.3 is 5.97 Å². The molecule has 0 saturated heterocycles. The fraction of sp³-hybridized carbons (Fsp3) is 0.222. The Balaban J connectivity index is 3.09. The molecule has 0 bridgehead atoms. The Bertz CT molecular complexity index is 359. The van der Waals surface area contributed by atoms with E-state index in [4.69, 9.17) is 16.6 Å². The van der Waals surface area contributed by atoms with Gasteiger partial charge in [0.05, 0.1) is 13.2 Å². The van der Waals surface area contributed by atoms with Crippen molar-refractivity contribution < 1.29 is 15.0 Å². The summed E-state index contributed by atoms with van der Waals surface area (Å²) in [5.74, 6) is 1.29. The van der Waals surface area contributed by atoms with Crippen LogP contribution in [0.2, 0.25) is 0 Å². The molecule has 0 fully saturated rings. The van der Waals surface area contributed by atoms with E-state index in [2.05, 4.69) is 5.92 Å².